The van der Waals surface area contributed by atoms with Gasteiger partial charge in [0.05, 0.1) is 26.3 Å². The van der Waals surface area contributed by atoms with E-state index in [1.165, 1.54) is 11.8 Å². The van der Waals surface area contributed by atoms with E-state index in [1.54, 1.807) is 36.3 Å². The zero-order valence-electron chi connectivity index (χ0n) is 15.3. The monoisotopic (exact) mass is 383 g/mol. The Hall–Kier alpha value is -2.42. The van der Waals surface area contributed by atoms with Gasteiger partial charge in [-0.1, -0.05) is 6.07 Å². The average Bonchev–Trinajstić information content (AvgIpc) is 3.01. The van der Waals surface area contributed by atoms with Gasteiger partial charge in [-0.3, -0.25) is 4.79 Å². The number of alkyl halides is 2. The summed E-state index contributed by atoms with van der Waals surface area (Å²) < 4.78 is 36.6. The molecule has 0 radical (unpaired) electrons. The van der Waals surface area contributed by atoms with E-state index < -0.39 is 24.1 Å². The highest BCUT2D eigenvalue weighted by Gasteiger charge is 2.42. The first-order valence-electron chi connectivity index (χ1n) is 8.74. The first kappa shape index (κ1) is 19.3. The van der Waals surface area contributed by atoms with Crippen molar-refractivity contribution in [2.75, 3.05) is 38.3 Å². The normalized spacial score (nSPS) is 25.8. The Labute approximate surface area is 156 Å². The summed E-state index contributed by atoms with van der Waals surface area (Å²) >= 11 is 0. The van der Waals surface area contributed by atoms with Crippen LogP contribution in [0.1, 0.15) is 13.3 Å². The molecule has 2 atom stereocenters. The molecular weight excluding hydrogens is 360 g/mol. The quantitative estimate of drug-likeness (QED) is 0.862. The zero-order valence-corrected chi connectivity index (χ0v) is 15.3. The van der Waals surface area contributed by atoms with Crippen LogP contribution >= 0.6 is 0 Å². The largest absolute Gasteiger partial charge is 0.497 e. The van der Waals surface area contributed by atoms with E-state index in [2.05, 4.69) is 5.32 Å². The summed E-state index contributed by atoms with van der Waals surface area (Å²) in [5.41, 5.74) is -0.985. The van der Waals surface area contributed by atoms with Crippen molar-refractivity contribution in [2.45, 2.75) is 31.4 Å². The second-order valence-electron chi connectivity index (χ2n) is 6.94. The third-order valence-electron chi connectivity index (χ3n) is 4.86. The van der Waals surface area contributed by atoms with E-state index in [0.29, 0.717) is 18.0 Å². The molecule has 3 amide bonds. The molecule has 2 aliphatic heterocycles. The molecule has 2 fully saturated rings. The van der Waals surface area contributed by atoms with Crippen molar-refractivity contribution in [3.63, 3.8) is 0 Å². The van der Waals surface area contributed by atoms with Gasteiger partial charge in [-0.2, -0.15) is 0 Å². The maximum absolute atomic E-state index is 13.2. The maximum Gasteiger partial charge on any atom is 0.317 e. The van der Waals surface area contributed by atoms with Crippen LogP contribution in [-0.4, -0.2) is 68.3 Å². The van der Waals surface area contributed by atoms with E-state index in [9.17, 15) is 18.4 Å². The highest BCUT2D eigenvalue weighted by Crippen LogP contribution is 2.27. The topological polar surface area (TPSA) is 71.1 Å². The van der Waals surface area contributed by atoms with Crippen molar-refractivity contribution in [2.24, 2.45) is 0 Å². The summed E-state index contributed by atoms with van der Waals surface area (Å²) in [6, 6.07) is 6.25. The van der Waals surface area contributed by atoms with E-state index in [-0.39, 0.29) is 32.0 Å². The number of nitrogens with one attached hydrogen (secondary N) is 1. The predicted molar refractivity (Wildman–Crippen MR) is 94.2 cm³/mol. The summed E-state index contributed by atoms with van der Waals surface area (Å²) in [6.07, 6.45) is -2.54. The maximum atomic E-state index is 13.2. The molecule has 0 aromatic heterocycles. The highest BCUT2D eigenvalue weighted by atomic mass is 19.3. The van der Waals surface area contributed by atoms with Gasteiger partial charge in [0, 0.05) is 31.3 Å². The van der Waals surface area contributed by atoms with Gasteiger partial charge in [-0.15, -0.1) is 0 Å². The number of rotatable bonds is 4. The molecule has 1 N–H and O–H groups in total. The predicted octanol–water partition coefficient (Wildman–Crippen LogP) is 1.87. The van der Waals surface area contributed by atoms with Gasteiger partial charge in [-0.05, 0) is 19.1 Å². The fourth-order valence-electron chi connectivity index (χ4n) is 3.30. The summed E-state index contributed by atoms with van der Waals surface area (Å²) in [6.45, 7) is 1.69. The summed E-state index contributed by atoms with van der Waals surface area (Å²) in [5, 5.41) is 2.78. The lowest BCUT2D eigenvalue weighted by atomic mass is 10.1. The molecule has 0 bridgehead atoms. The molecule has 2 aliphatic rings. The lowest BCUT2D eigenvalue weighted by Gasteiger charge is -2.40. The van der Waals surface area contributed by atoms with Gasteiger partial charge in [0.15, 0.2) is 0 Å². The van der Waals surface area contributed by atoms with Gasteiger partial charge in [0.2, 0.25) is 5.91 Å². The number of hydrogen-bond acceptors (Lipinski definition) is 4. The molecule has 148 valence electrons. The van der Waals surface area contributed by atoms with Crippen LogP contribution in [0, 0.1) is 0 Å². The van der Waals surface area contributed by atoms with Gasteiger partial charge < -0.3 is 24.6 Å². The van der Waals surface area contributed by atoms with Crippen LogP contribution in [-0.2, 0) is 9.53 Å². The number of hydrogen-bond donors (Lipinski definition) is 1. The average molecular weight is 383 g/mol. The molecule has 2 heterocycles. The Morgan fingerprint density at radius 2 is 2.22 bits per heavy atom. The van der Waals surface area contributed by atoms with Crippen LogP contribution < -0.4 is 15.0 Å². The Morgan fingerprint density at radius 3 is 2.93 bits per heavy atom. The Balaban J connectivity index is 1.61. The molecule has 2 unspecified atom stereocenters. The summed E-state index contributed by atoms with van der Waals surface area (Å²) in [4.78, 5) is 27.7. The number of nitrogens with zero attached hydrogens (tertiary/aromatic N) is 2. The summed E-state index contributed by atoms with van der Waals surface area (Å²) in [5.74, 6) is 0.514. The Bertz CT molecular complexity index is 718. The van der Waals surface area contributed by atoms with Crippen molar-refractivity contribution in [3.05, 3.63) is 24.3 Å². The van der Waals surface area contributed by atoms with Crippen LogP contribution in [0.5, 0.6) is 5.75 Å². The van der Waals surface area contributed by atoms with Gasteiger partial charge in [0.25, 0.3) is 6.43 Å². The van der Waals surface area contributed by atoms with Gasteiger partial charge in [0.1, 0.15) is 11.4 Å². The molecule has 0 aliphatic carbocycles. The molecule has 1 aromatic rings. The van der Waals surface area contributed by atoms with Crippen molar-refractivity contribution < 1.29 is 27.8 Å². The molecule has 3 rings (SSSR count). The number of amides is 3. The van der Waals surface area contributed by atoms with Crippen molar-refractivity contribution >= 4 is 17.6 Å². The number of urea groups is 1. The molecule has 0 spiro atoms. The third kappa shape index (κ3) is 4.13. The smallest absolute Gasteiger partial charge is 0.317 e. The lowest BCUT2D eigenvalue weighted by Crippen LogP contribution is -2.58. The number of halogens is 2. The molecule has 1 aromatic carbocycles. The number of morpholine rings is 1. The van der Waals surface area contributed by atoms with Crippen molar-refractivity contribution in [3.8, 4) is 5.75 Å². The molecule has 9 heteroatoms. The molecule has 2 saturated heterocycles. The second kappa shape index (κ2) is 7.67. The number of methoxy groups -OCH3 is 1. The van der Waals surface area contributed by atoms with Crippen LogP contribution in [0.2, 0.25) is 0 Å². The number of carbonyl (C=O) groups is 2. The minimum Gasteiger partial charge on any atom is -0.497 e. The number of anilines is 1. The SMILES string of the molecule is COc1cccc(N2CC(NC(=O)N3CCOC(C)(C(F)F)C3)CC2=O)c1. The van der Waals surface area contributed by atoms with E-state index in [4.69, 9.17) is 9.47 Å². The molecular formula is C18H23F2N3O4. The second-order valence-corrected chi connectivity index (χ2v) is 6.94. The number of ether oxygens (including phenoxy) is 2. The number of benzene rings is 1. The van der Waals surface area contributed by atoms with Crippen LogP contribution in [0.3, 0.4) is 0 Å². The third-order valence-corrected chi connectivity index (χ3v) is 4.86. The molecule has 27 heavy (non-hydrogen) atoms. The standard InChI is InChI=1S/C18H23F2N3O4/c1-18(16(19)20)11-22(6-7-27-18)17(25)21-12-8-15(24)23(10-12)13-4-3-5-14(9-13)26-2/h3-5,9,12,16H,6-8,10-11H2,1-2H3,(H,21,25). The first-order chi connectivity index (χ1) is 12.8. The van der Waals surface area contributed by atoms with E-state index >= 15 is 0 Å². The van der Waals surface area contributed by atoms with Crippen LogP contribution in [0.15, 0.2) is 24.3 Å². The minimum absolute atomic E-state index is 0.0494. The fourth-order valence-corrected chi connectivity index (χ4v) is 3.30. The molecule has 0 saturated carbocycles. The fraction of sp³-hybridized carbons (Fsp3) is 0.556. The van der Waals surface area contributed by atoms with Crippen LogP contribution in [0.4, 0.5) is 19.3 Å². The van der Waals surface area contributed by atoms with Crippen LogP contribution in [0.25, 0.3) is 0 Å². The summed E-state index contributed by atoms with van der Waals surface area (Å²) in [7, 11) is 1.55. The Kier molecular flexibility index (Phi) is 5.50. The van der Waals surface area contributed by atoms with Gasteiger partial charge in [-0.25, -0.2) is 13.6 Å². The van der Waals surface area contributed by atoms with Crippen molar-refractivity contribution in [1.82, 2.24) is 10.2 Å². The highest BCUT2D eigenvalue weighted by molar-refractivity contribution is 5.97. The number of carbonyl (C=O) groups excluding carboxylic acids is 2. The molecule has 7 nitrogen and oxygen atoms in total. The first-order valence-corrected chi connectivity index (χ1v) is 8.74. The van der Waals surface area contributed by atoms with Crippen molar-refractivity contribution in [1.29, 1.82) is 0 Å². The zero-order chi connectivity index (χ0) is 19.6. The van der Waals surface area contributed by atoms with E-state index in [1.807, 2.05) is 0 Å². The Morgan fingerprint density at radius 1 is 1.44 bits per heavy atom. The minimum atomic E-state index is -2.69. The van der Waals surface area contributed by atoms with Gasteiger partial charge >= 0.3 is 6.03 Å². The lowest BCUT2D eigenvalue weighted by molar-refractivity contribution is -0.161. The van der Waals surface area contributed by atoms with E-state index in [0.717, 1.165) is 0 Å².